The van der Waals surface area contributed by atoms with Crippen LogP contribution in [0.3, 0.4) is 0 Å². The average Bonchev–Trinajstić information content (AvgIpc) is 3.24. The highest BCUT2D eigenvalue weighted by Crippen LogP contribution is 2.24. The van der Waals surface area contributed by atoms with Gasteiger partial charge in [-0.05, 0) is 43.5 Å². The monoisotopic (exact) mass is 309 g/mol. The molecule has 1 aliphatic rings. The van der Waals surface area contributed by atoms with Gasteiger partial charge in [0, 0.05) is 30.3 Å². The van der Waals surface area contributed by atoms with Crippen molar-refractivity contribution in [2.45, 2.75) is 38.8 Å². The van der Waals surface area contributed by atoms with Crippen molar-refractivity contribution in [3.8, 4) is 0 Å². The van der Waals surface area contributed by atoms with E-state index in [1.807, 2.05) is 30.1 Å². The van der Waals surface area contributed by atoms with Gasteiger partial charge < -0.3 is 15.5 Å². The van der Waals surface area contributed by atoms with Gasteiger partial charge in [0.05, 0.1) is 6.54 Å². The van der Waals surface area contributed by atoms with Crippen molar-refractivity contribution >= 4 is 23.2 Å². The molecule has 0 unspecified atom stereocenters. The second kappa shape index (κ2) is 7.66. The quantitative estimate of drug-likeness (QED) is 0.725. The first kappa shape index (κ1) is 16.1. The summed E-state index contributed by atoms with van der Waals surface area (Å²) in [7, 11) is 1.93. The molecule has 1 aromatic carbocycles. The summed E-state index contributed by atoms with van der Waals surface area (Å²) in [6.07, 6.45) is 3.32. The fourth-order valence-corrected chi connectivity index (χ4v) is 2.41. The average molecular weight is 310 g/mol. The predicted octanol–water partition coefficient (Wildman–Crippen LogP) is 2.55. The van der Waals surface area contributed by atoms with Crippen LogP contribution in [-0.2, 0) is 11.3 Å². The van der Waals surface area contributed by atoms with Crippen LogP contribution in [0.5, 0.6) is 0 Å². The Bertz CT molecular complexity index is 488. The van der Waals surface area contributed by atoms with Crippen LogP contribution in [-0.4, -0.2) is 32.1 Å². The third-order valence-corrected chi connectivity index (χ3v) is 3.76. The van der Waals surface area contributed by atoms with E-state index >= 15 is 0 Å². The van der Waals surface area contributed by atoms with E-state index in [0.717, 1.165) is 43.6 Å². The number of benzene rings is 1. The zero-order chi connectivity index (χ0) is 15.2. The van der Waals surface area contributed by atoms with Crippen LogP contribution in [0.15, 0.2) is 18.2 Å². The molecule has 0 radical (unpaired) electrons. The molecule has 5 heteroatoms. The van der Waals surface area contributed by atoms with Gasteiger partial charge in [0.25, 0.3) is 0 Å². The molecule has 0 aliphatic heterocycles. The van der Waals surface area contributed by atoms with Crippen LogP contribution in [0.25, 0.3) is 0 Å². The smallest absolute Gasteiger partial charge is 0.239 e. The lowest BCUT2D eigenvalue weighted by Gasteiger charge is -2.22. The lowest BCUT2D eigenvalue weighted by atomic mass is 10.1. The SMILES string of the molecule is CCCNCc1ccc(Cl)cc1N(C)CC(=O)NC1CC1. The van der Waals surface area contributed by atoms with Gasteiger partial charge in [0.1, 0.15) is 0 Å². The first-order chi connectivity index (χ1) is 10.1. The summed E-state index contributed by atoms with van der Waals surface area (Å²) in [5, 5.41) is 7.10. The summed E-state index contributed by atoms with van der Waals surface area (Å²) < 4.78 is 0. The summed E-state index contributed by atoms with van der Waals surface area (Å²) in [4.78, 5) is 13.9. The fraction of sp³-hybridized carbons (Fsp3) is 0.562. The van der Waals surface area contributed by atoms with E-state index in [2.05, 4.69) is 17.6 Å². The Kier molecular flexibility index (Phi) is 5.88. The Morgan fingerprint density at radius 2 is 2.19 bits per heavy atom. The molecule has 116 valence electrons. The number of carbonyl (C=O) groups excluding carboxylic acids is 1. The second-order valence-corrected chi connectivity index (χ2v) is 6.08. The number of amides is 1. The van der Waals surface area contributed by atoms with E-state index in [1.165, 1.54) is 0 Å². The lowest BCUT2D eigenvalue weighted by molar-refractivity contribution is -0.119. The largest absolute Gasteiger partial charge is 0.365 e. The number of rotatable bonds is 8. The Morgan fingerprint density at radius 1 is 1.43 bits per heavy atom. The molecule has 0 heterocycles. The minimum absolute atomic E-state index is 0.0763. The van der Waals surface area contributed by atoms with Gasteiger partial charge in [-0.1, -0.05) is 24.6 Å². The van der Waals surface area contributed by atoms with E-state index in [-0.39, 0.29) is 5.91 Å². The van der Waals surface area contributed by atoms with Crippen molar-refractivity contribution in [3.05, 3.63) is 28.8 Å². The summed E-state index contributed by atoms with van der Waals surface area (Å²) in [6, 6.07) is 6.24. The molecule has 1 aromatic rings. The van der Waals surface area contributed by atoms with Gasteiger partial charge in [0.15, 0.2) is 0 Å². The molecule has 2 N–H and O–H groups in total. The van der Waals surface area contributed by atoms with E-state index in [4.69, 9.17) is 11.6 Å². The van der Waals surface area contributed by atoms with Gasteiger partial charge >= 0.3 is 0 Å². The zero-order valence-electron chi connectivity index (χ0n) is 12.8. The Morgan fingerprint density at radius 3 is 2.86 bits per heavy atom. The van der Waals surface area contributed by atoms with Crippen LogP contribution < -0.4 is 15.5 Å². The molecule has 0 bridgehead atoms. The van der Waals surface area contributed by atoms with Gasteiger partial charge in [-0.15, -0.1) is 0 Å². The number of hydrogen-bond donors (Lipinski definition) is 2. The highest BCUT2D eigenvalue weighted by Gasteiger charge is 2.23. The molecule has 2 rings (SSSR count). The minimum Gasteiger partial charge on any atom is -0.365 e. The van der Waals surface area contributed by atoms with Crippen LogP contribution in [0.4, 0.5) is 5.69 Å². The van der Waals surface area contributed by atoms with E-state index in [9.17, 15) is 4.79 Å². The van der Waals surface area contributed by atoms with Crippen molar-refractivity contribution in [1.29, 1.82) is 0 Å². The molecule has 21 heavy (non-hydrogen) atoms. The molecular weight excluding hydrogens is 286 g/mol. The standard InChI is InChI=1S/C16H24ClN3O/c1-3-8-18-10-12-4-5-13(17)9-15(12)20(2)11-16(21)19-14-6-7-14/h4-5,9,14,18H,3,6-8,10-11H2,1-2H3,(H,19,21). The lowest BCUT2D eigenvalue weighted by Crippen LogP contribution is -2.36. The maximum absolute atomic E-state index is 11.9. The Hall–Kier alpha value is -1.26. The summed E-state index contributed by atoms with van der Waals surface area (Å²) >= 11 is 6.11. The highest BCUT2D eigenvalue weighted by molar-refractivity contribution is 6.30. The van der Waals surface area contributed by atoms with Crippen LogP contribution in [0.1, 0.15) is 31.7 Å². The number of carbonyl (C=O) groups is 1. The van der Waals surface area contributed by atoms with Gasteiger partial charge in [-0.2, -0.15) is 0 Å². The van der Waals surface area contributed by atoms with E-state index < -0.39 is 0 Å². The van der Waals surface area contributed by atoms with Crippen LogP contribution in [0, 0.1) is 0 Å². The number of hydrogen-bond acceptors (Lipinski definition) is 3. The summed E-state index contributed by atoms with van der Waals surface area (Å²) in [6.45, 7) is 4.27. The fourth-order valence-electron chi connectivity index (χ4n) is 2.24. The van der Waals surface area contributed by atoms with Crippen molar-refractivity contribution in [1.82, 2.24) is 10.6 Å². The maximum Gasteiger partial charge on any atom is 0.239 e. The van der Waals surface area contributed by atoms with E-state index in [0.29, 0.717) is 17.6 Å². The molecule has 0 aromatic heterocycles. The third kappa shape index (κ3) is 5.21. The summed E-state index contributed by atoms with van der Waals surface area (Å²) in [5.41, 5.74) is 2.17. The van der Waals surface area contributed by atoms with Crippen molar-refractivity contribution < 1.29 is 4.79 Å². The highest BCUT2D eigenvalue weighted by atomic mass is 35.5. The molecule has 1 fully saturated rings. The molecule has 0 spiro atoms. The van der Waals surface area contributed by atoms with Crippen molar-refractivity contribution in [2.75, 3.05) is 25.0 Å². The molecule has 1 saturated carbocycles. The van der Waals surface area contributed by atoms with E-state index in [1.54, 1.807) is 0 Å². The Labute approximate surface area is 131 Å². The number of nitrogens with zero attached hydrogens (tertiary/aromatic N) is 1. The third-order valence-electron chi connectivity index (χ3n) is 3.52. The Balaban J connectivity index is 2.00. The maximum atomic E-state index is 11.9. The number of halogens is 1. The normalized spacial score (nSPS) is 14.0. The zero-order valence-corrected chi connectivity index (χ0v) is 13.5. The molecule has 0 atom stereocenters. The second-order valence-electron chi connectivity index (χ2n) is 5.65. The number of anilines is 1. The first-order valence-electron chi connectivity index (χ1n) is 7.59. The summed E-state index contributed by atoms with van der Waals surface area (Å²) in [5.74, 6) is 0.0763. The van der Waals surface area contributed by atoms with Crippen molar-refractivity contribution in [3.63, 3.8) is 0 Å². The molecule has 4 nitrogen and oxygen atoms in total. The predicted molar refractivity (Wildman–Crippen MR) is 87.9 cm³/mol. The minimum atomic E-state index is 0.0763. The molecule has 0 saturated heterocycles. The van der Waals surface area contributed by atoms with Gasteiger partial charge in [-0.25, -0.2) is 0 Å². The molecule has 1 amide bonds. The molecule has 1 aliphatic carbocycles. The number of likely N-dealkylation sites (N-methyl/N-ethyl adjacent to an activating group) is 1. The van der Waals surface area contributed by atoms with Gasteiger partial charge in [-0.3, -0.25) is 4.79 Å². The molecular formula is C16H24ClN3O. The topological polar surface area (TPSA) is 44.4 Å². The van der Waals surface area contributed by atoms with Gasteiger partial charge in [0.2, 0.25) is 5.91 Å². The van der Waals surface area contributed by atoms with Crippen molar-refractivity contribution in [2.24, 2.45) is 0 Å². The van der Waals surface area contributed by atoms with Crippen LogP contribution >= 0.6 is 11.6 Å². The number of nitrogens with one attached hydrogen (secondary N) is 2. The van der Waals surface area contributed by atoms with Crippen LogP contribution in [0.2, 0.25) is 5.02 Å². The first-order valence-corrected chi connectivity index (χ1v) is 7.97.